The molecule has 0 saturated carbocycles. The van der Waals surface area contributed by atoms with E-state index in [0.29, 0.717) is 11.6 Å². The van der Waals surface area contributed by atoms with E-state index in [1.54, 1.807) is 18.0 Å². The Kier molecular flexibility index (Phi) is 5.57. The highest BCUT2D eigenvalue weighted by molar-refractivity contribution is 7.99. The van der Waals surface area contributed by atoms with Gasteiger partial charge in [-0.25, -0.2) is 4.74 Å². The summed E-state index contributed by atoms with van der Waals surface area (Å²) in [6, 6.07) is 25.3. The van der Waals surface area contributed by atoms with Crippen molar-refractivity contribution >= 4 is 29.6 Å². The van der Waals surface area contributed by atoms with Gasteiger partial charge in [-0.2, -0.15) is 0 Å². The lowest BCUT2D eigenvalue weighted by Crippen LogP contribution is -2.06. The minimum atomic E-state index is 0.334. The van der Waals surface area contributed by atoms with Gasteiger partial charge in [0.15, 0.2) is 12.8 Å². The van der Waals surface area contributed by atoms with Gasteiger partial charge in [0.05, 0.1) is 5.56 Å². The number of nitrogens with zero attached hydrogens (tertiary/aromatic N) is 1. The van der Waals surface area contributed by atoms with Crippen LogP contribution in [0.15, 0.2) is 88.7 Å². The van der Waals surface area contributed by atoms with Crippen LogP contribution in [0, 0.1) is 5.21 Å². The molecule has 0 atom stereocenters. The predicted octanol–water partition coefficient (Wildman–Crippen LogP) is 5.62. The average Bonchev–Trinajstić information content (AvgIpc) is 2.59. The second-order valence-corrected chi connectivity index (χ2v) is 6.84. The van der Waals surface area contributed by atoms with Crippen molar-refractivity contribution in [2.45, 2.75) is 16.3 Å². The Hall–Kier alpha value is -2.23. The molecule has 0 aromatic heterocycles. The molecule has 0 saturated heterocycles. The number of hydroxylamine groups is 1. The Bertz CT molecular complexity index is 832. The molecule has 0 aliphatic rings. The van der Waals surface area contributed by atoms with Crippen LogP contribution in [0.2, 0.25) is 5.02 Å². The van der Waals surface area contributed by atoms with Crippen LogP contribution >= 0.6 is 23.4 Å². The summed E-state index contributed by atoms with van der Waals surface area (Å²) in [5, 5.41) is 13.0. The summed E-state index contributed by atoms with van der Waals surface area (Å²) < 4.78 is 0.969. The zero-order valence-corrected chi connectivity index (χ0v) is 14.5. The van der Waals surface area contributed by atoms with Crippen molar-refractivity contribution in [2.75, 3.05) is 0 Å². The lowest BCUT2D eigenvalue weighted by Gasteiger charge is -2.07. The molecule has 4 heteroatoms. The third-order valence-electron chi connectivity index (χ3n) is 3.42. The summed E-state index contributed by atoms with van der Waals surface area (Å²) in [6.45, 7) is 0.334. The smallest absolute Gasteiger partial charge is 0.183 e. The Morgan fingerprint density at radius 3 is 2.29 bits per heavy atom. The maximum Gasteiger partial charge on any atom is 0.183 e. The first kappa shape index (κ1) is 16.6. The molecule has 0 amide bonds. The highest BCUT2D eigenvalue weighted by atomic mass is 35.5. The summed E-state index contributed by atoms with van der Waals surface area (Å²) >= 11 is 7.54. The molecular formula is C20H16ClNOS. The van der Waals surface area contributed by atoms with Crippen molar-refractivity contribution in [3.8, 4) is 0 Å². The van der Waals surface area contributed by atoms with E-state index >= 15 is 0 Å². The highest BCUT2D eigenvalue weighted by Crippen LogP contribution is 2.30. The van der Waals surface area contributed by atoms with Crippen LogP contribution in [0.25, 0.3) is 0 Å². The number of rotatable bonds is 5. The molecule has 3 aromatic rings. The first-order chi connectivity index (χ1) is 11.7. The van der Waals surface area contributed by atoms with Crippen molar-refractivity contribution < 1.29 is 4.74 Å². The summed E-state index contributed by atoms with van der Waals surface area (Å²) in [4.78, 5) is 2.12. The standard InChI is InChI=1S/C20H16ClNOS/c21-18-10-12-19(13-11-18)24-20-9-5-4-8-17(20)15-22(23)14-16-6-2-1-3-7-16/h1-13,15H,14H2. The van der Waals surface area contributed by atoms with E-state index in [0.717, 1.165) is 25.7 Å². The molecule has 0 bridgehead atoms. The Morgan fingerprint density at radius 2 is 1.54 bits per heavy atom. The fourth-order valence-electron chi connectivity index (χ4n) is 2.27. The third kappa shape index (κ3) is 4.63. The van der Waals surface area contributed by atoms with E-state index in [9.17, 15) is 5.21 Å². The lowest BCUT2D eigenvalue weighted by atomic mass is 10.2. The SMILES string of the molecule is [O-][N+](=Cc1ccccc1Sc1ccc(Cl)cc1)Cc1ccccc1. The van der Waals surface area contributed by atoms with Gasteiger partial charge < -0.3 is 5.21 Å². The van der Waals surface area contributed by atoms with Crippen molar-refractivity contribution in [2.24, 2.45) is 0 Å². The van der Waals surface area contributed by atoms with Gasteiger partial charge in [0.25, 0.3) is 0 Å². The molecule has 3 rings (SSSR count). The molecule has 24 heavy (non-hydrogen) atoms. The molecule has 0 aliphatic carbocycles. The molecule has 0 fully saturated rings. The van der Waals surface area contributed by atoms with E-state index in [-0.39, 0.29) is 0 Å². The normalized spacial score (nSPS) is 11.5. The third-order valence-corrected chi connectivity index (χ3v) is 4.78. The topological polar surface area (TPSA) is 26.1 Å². The minimum Gasteiger partial charge on any atom is -0.624 e. The van der Waals surface area contributed by atoms with Gasteiger partial charge >= 0.3 is 0 Å². The molecule has 120 valence electrons. The first-order valence-electron chi connectivity index (χ1n) is 7.56. The molecule has 0 radical (unpaired) electrons. The maximum absolute atomic E-state index is 12.3. The fraction of sp³-hybridized carbons (Fsp3) is 0.0500. The number of benzene rings is 3. The fourth-order valence-corrected chi connectivity index (χ4v) is 3.31. The molecule has 3 aromatic carbocycles. The van der Waals surface area contributed by atoms with E-state index in [1.165, 1.54) is 0 Å². The maximum atomic E-state index is 12.3. The Morgan fingerprint density at radius 1 is 0.875 bits per heavy atom. The van der Waals surface area contributed by atoms with Crippen molar-refractivity contribution in [1.82, 2.24) is 0 Å². The van der Waals surface area contributed by atoms with Gasteiger partial charge in [0.1, 0.15) is 0 Å². The van der Waals surface area contributed by atoms with Crippen molar-refractivity contribution in [1.29, 1.82) is 0 Å². The van der Waals surface area contributed by atoms with Gasteiger partial charge in [0, 0.05) is 20.4 Å². The predicted molar refractivity (Wildman–Crippen MR) is 101 cm³/mol. The van der Waals surface area contributed by atoms with Crippen molar-refractivity contribution in [3.05, 3.63) is 100 Å². The van der Waals surface area contributed by atoms with Crippen molar-refractivity contribution in [3.63, 3.8) is 0 Å². The van der Waals surface area contributed by atoms with Crippen LogP contribution in [0.1, 0.15) is 11.1 Å². The van der Waals surface area contributed by atoms with Crippen LogP contribution in [-0.4, -0.2) is 11.0 Å². The first-order valence-corrected chi connectivity index (χ1v) is 8.75. The zero-order valence-electron chi connectivity index (χ0n) is 12.9. The zero-order chi connectivity index (χ0) is 16.8. The minimum absolute atomic E-state index is 0.334. The molecule has 0 N–H and O–H groups in total. The summed E-state index contributed by atoms with van der Waals surface area (Å²) in [7, 11) is 0. The van der Waals surface area contributed by atoms with Crippen LogP contribution < -0.4 is 0 Å². The van der Waals surface area contributed by atoms with Crippen LogP contribution in [0.4, 0.5) is 0 Å². The summed E-state index contributed by atoms with van der Waals surface area (Å²) in [6.07, 6.45) is 1.64. The van der Waals surface area contributed by atoms with Crippen LogP contribution in [0.5, 0.6) is 0 Å². The molecule has 0 unspecified atom stereocenters. The molecule has 0 spiro atoms. The molecule has 0 heterocycles. The molecular weight excluding hydrogens is 338 g/mol. The second kappa shape index (κ2) is 8.04. The van der Waals surface area contributed by atoms with Gasteiger partial charge in [-0.15, -0.1) is 0 Å². The molecule has 2 nitrogen and oxygen atoms in total. The lowest BCUT2D eigenvalue weighted by molar-refractivity contribution is -0.469. The average molecular weight is 354 g/mol. The van der Waals surface area contributed by atoms with E-state index in [4.69, 9.17) is 11.6 Å². The quantitative estimate of drug-likeness (QED) is 0.257. The second-order valence-electron chi connectivity index (χ2n) is 5.28. The summed E-state index contributed by atoms with van der Waals surface area (Å²) in [5.74, 6) is 0. The number of halogens is 1. The Balaban J connectivity index is 1.80. The monoisotopic (exact) mass is 353 g/mol. The van der Waals surface area contributed by atoms with E-state index < -0.39 is 0 Å². The van der Waals surface area contributed by atoms with Crippen LogP contribution in [0.3, 0.4) is 0 Å². The number of hydrogen-bond acceptors (Lipinski definition) is 2. The van der Waals surface area contributed by atoms with E-state index in [1.807, 2.05) is 78.9 Å². The van der Waals surface area contributed by atoms with Gasteiger partial charge in [0.2, 0.25) is 0 Å². The van der Waals surface area contributed by atoms with Gasteiger partial charge in [-0.1, -0.05) is 65.8 Å². The van der Waals surface area contributed by atoms with Crippen LogP contribution in [-0.2, 0) is 6.54 Å². The van der Waals surface area contributed by atoms with Gasteiger partial charge in [-0.3, -0.25) is 0 Å². The van der Waals surface area contributed by atoms with E-state index in [2.05, 4.69) is 0 Å². The largest absolute Gasteiger partial charge is 0.624 e. The van der Waals surface area contributed by atoms with Gasteiger partial charge in [-0.05, 0) is 36.4 Å². The highest BCUT2D eigenvalue weighted by Gasteiger charge is 2.06. The number of hydrogen-bond donors (Lipinski definition) is 0. The summed E-state index contributed by atoms with van der Waals surface area (Å²) in [5.41, 5.74) is 1.90. The molecule has 0 aliphatic heterocycles. The Labute approximate surface area is 151 Å².